The number of Topliss-reactive ketones (excluding diaryl/α,β-unsaturated/α-hetero) is 2. The molecule has 1 saturated carbocycles. The summed E-state index contributed by atoms with van der Waals surface area (Å²) in [6.07, 6.45) is 15.3. The van der Waals surface area contributed by atoms with E-state index in [1.165, 1.54) is 7.11 Å². The molecule has 3 aliphatic heterocycles. The lowest BCUT2D eigenvalue weighted by Crippen LogP contribution is -2.61. The quantitative estimate of drug-likeness (QED) is 0.0462. The predicted octanol–water partition coefficient (Wildman–Crippen LogP) is 5.59. The van der Waals surface area contributed by atoms with Crippen LogP contribution in [0.1, 0.15) is 112 Å². The maximum atomic E-state index is 14.5. The maximum Gasteiger partial charge on any atom is 0.329 e. The number of aliphatic hydroxyl groups excluding tert-OH is 2. The van der Waals surface area contributed by atoms with Crippen LogP contribution in [0, 0.1) is 41.9 Å². The van der Waals surface area contributed by atoms with Crippen LogP contribution in [0.5, 0.6) is 0 Å². The van der Waals surface area contributed by atoms with Gasteiger partial charge in [-0.05, 0) is 107 Å². The molecule has 2 bridgehead atoms. The van der Waals surface area contributed by atoms with Gasteiger partial charge in [-0.25, -0.2) is 4.79 Å². The molecule has 5 N–H and O–H groups in total. The molecular weight excluding hydrogens is 875 g/mol. The topological polar surface area (TPSA) is 253 Å². The monoisotopic (exact) mass is 952 g/mol. The van der Waals surface area contributed by atoms with E-state index in [2.05, 4.69) is 15.9 Å². The van der Waals surface area contributed by atoms with Crippen molar-refractivity contribution in [3.63, 3.8) is 0 Å². The number of nitrogens with two attached hydrogens (primary N) is 1. The maximum absolute atomic E-state index is 14.5. The first-order valence-electron chi connectivity index (χ1n) is 24.2. The molecule has 0 aromatic carbocycles. The lowest BCUT2D eigenvalue weighted by molar-refractivity contribution is -0.259. The summed E-state index contributed by atoms with van der Waals surface area (Å²) >= 11 is 0. The molecule has 0 spiro atoms. The zero-order chi connectivity index (χ0) is 50.3. The minimum Gasteiger partial charge on any atom is -0.459 e. The zero-order valence-electron chi connectivity index (χ0n) is 41.3. The molecule has 3 fully saturated rings. The number of fused-ring (bicyclic) bond motifs is 3. The Bertz CT molecular complexity index is 1940. The van der Waals surface area contributed by atoms with E-state index < -0.39 is 95.7 Å². The highest BCUT2D eigenvalue weighted by molar-refractivity contribution is 6.39. The predicted molar refractivity (Wildman–Crippen MR) is 255 cm³/mol. The van der Waals surface area contributed by atoms with Gasteiger partial charge in [-0.1, -0.05) is 68.3 Å². The minimum absolute atomic E-state index is 0.00928. The number of aliphatic hydroxyl groups is 3. The first kappa shape index (κ1) is 56.4. The van der Waals surface area contributed by atoms with Crippen LogP contribution in [0.2, 0.25) is 0 Å². The van der Waals surface area contributed by atoms with Gasteiger partial charge >= 0.3 is 5.97 Å². The molecule has 16 atom stereocenters. The van der Waals surface area contributed by atoms with E-state index in [9.17, 15) is 34.5 Å². The number of nitrogens with zero attached hydrogens (tertiary/aromatic N) is 4. The number of ether oxygens (including phenoxy) is 5. The van der Waals surface area contributed by atoms with Gasteiger partial charge in [0.05, 0.1) is 36.4 Å². The number of methoxy groups -OCH3 is 3. The molecule has 68 heavy (non-hydrogen) atoms. The normalized spacial score (nSPS) is 39.9. The first-order chi connectivity index (χ1) is 32.3. The average Bonchev–Trinajstić information content (AvgIpc) is 3.32. The Hall–Kier alpha value is -4.21. The van der Waals surface area contributed by atoms with Crippen LogP contribution < -0.4 is 5.73 Å². The second-order valence-corrected chi connectivity index (χ2v) is 19.5. The van der Waals surface area contributed by atoms with Crippen LogP contribution in [0.3, 0.4) is 0 Å². The second kappa shape index (κ2) is 26.7. The summed E-state index contributed by atoms with van der Waals surface area (Å²) in [5, 5.41) is 38.3. The van der Waals surface area contributed by atoms with Gasteiger partial charge in [-0.2, -0.15) is 0 Å². The van der Waals surface area contributed by atoms with Gasteiger partial charge in [0, 0.05) is 63.5 Å². The van der Waals surface area contributed by atoms with Crippen LogP contribution in [0.25, 0.3) is 10.4 Å². The molecule has 3 heterocycles. The van der Waals surface area contributed by atoms with Crippen LogP contribution >= 0.6 is 0 Å². The van der Waals surface area contributed by atoms with Crippen molar-refractivity contribution in [3.05, 3.63) is 58.0 Å². The Morgan fingerprint density at radius 3 is 2.31 bits per heavy atom. The summed E-state index contributed by atoms with van der Waals surface area (Å²) in [7, 11) is 4.60. The van der Waals surface area contributed by atoms with Crippen molar-refractivity contribution in [3.8, 4) is 12.3 Å². The Balaban J connectivity index is 1.73. The van der Waals surface area contributed by atoms with Crippen molar-refractivity contribution in [2.75, 3.05) is 27.9 Å². The average molecular weight is 952 g/mol. The van der Waals surface area contributed by atoms with Gasteiger partial charge in [-0.15, -0.1) is 6.42 Å². The molecule has 4 aliphatic rings. The van der Waals surface area contributed by atoms with Crippen LogP contribution in [0.15, 0.2) is 52.7 Å². The summed E-state index contributed by atoms with van der Waals surface area (Å²) in [5.41, 5.74) is 17.3. The highest BCUT2D eigenvalue weighted by Gasteiger charge is 2.54. The minimum atomic E-state index is -2.67. The number of esters is 1. The molecular formula is C51H77N5O12. The number of terminal acetylenes is 1. The fourth-order valence-corrected chi connectivity index (χ4v) is 10.3. The van der Waals surface area contributed by atoms with E-state index in [0.717, 1.165) is 10.5 Å². The third-order valence-electron chi connectivity index (χ3n) is 14.5. The zero-order valence-corrected chi connectivity index (χ0v) is 41.3. The van der Waals surface area contributed by atoms with Crippen molar-refractivity contribution >= 4 is 23.4 Å². The molecule has 1 unspecified atom stereocenters. The summed E-state index contributed by atoms with van der Waals surface area (Å²) in [4.78, 5) is 60.7. The molecule has 1 amide bonds. The van der Waals surface area contributed by atoms with E-state index in [1.54, 1.807) is 34.1 Å². The molecule has 17 heteroatoms. The molecule has 0 aromatic rings. The van der Waals surface area contributed by atoms with Gasteiger partial charge in [0.1, 0.15) is 24.4 Å². The lowest BCUT2D eigenvalue weighted by Gasteiger charge is -2.42. The number of allylic oxidation sites excluding steroid dienone is 5. The second-order valence-electron chi connectivity index (χ2n) is 19.5. The summed E-state index contributed by atoms with van der Waals surface area (Å²) in [5.74, 6) is -6.05. The largest absolute Gasteiger partial charge is 0.459 e. The van der Waals surface area contributed by atoms with Crippen LogP contribution in [-0.4, -0.2) is 138 Å². The highest BCUT2D eigenvalue weighted by Crippen LogP contribution is 2.37. The molecule has 0 radical (unpaired) electrons. The van der Waals surface area contributed by atoms with Gasteiger partial charge in [0.25, 0.3) is 17.5 Å². The van der Waals surface area contributed by atoms with Gasteiger partial charge in [0.2, 0.25) is 0 Å². The third kappa shape index (κ3) is 14.7. The Kier molecular flexibility index (Phi) is 22.1. The summed E-state index contributed by atoms with van der Waals surface area (Å²) in [6, 6.07) is -2.30. The van der Waals surface area contributed by atoms with E-state index in [-0.39, 0.29) is 56.2 Å². The molecule has 1 aliphatic carbocycles. The van der Waals surface area contributed by atoms with Crippen molar-refractivity contribution < 1.29 is 58.2 Å². The van der Waals surface area contributed by atoms with Crippen molar-refractivity contribution in [1.82, 2.24) is 4.90 Å². The number of carbonyl (C=O) groups excluding carboxylic acids is 4. The van der Waals surface area contributed by atoms with Crippen molar-refractivity contribution in [2.24, 2.45) is 40.4 Å². The lowest BCUT2D eigenvalue weighted by atomic mass is 9.79. The van der Waals surface area contributed by atoms with Crippen molar-refractivity contribution in [2.45, 2.75) is 178 Å². The van der Waals surface area contributed by atoms with Gasteiger partial charge in [0.15, 0.2) is 5.78 Å². The number of cyclic esters (lactones) is 1. The Morgan fingerprint density at radius 2 is 1.65 bits per heavy atom. The first-order valence-corrected chi connectivity index (χ1v) is 24.2. The van der Waals surface area contributed by atoms with E-state index >= 15 is 0 Å². The van der Waals surface area contributed by atoms with Gasteiger partial charge in [-0.3, -0.25) is 14.4 Å². The number of piperidine rings is 1. The third-order valence-corrected chi connectivity index (χ3v) is 14.5. The van der Waals surface area contributed by atoms with E-state index in [1.807, 2.05) is 51.2 Å². The molecule has 378 valence electrons. The van der Waals surface area contributed by atoms with Crippen molar-refractivity contribution in [1.29, 1.82) is 0 Å². The van der Waals surface area contributed by atoms with Gasteiger partial charge < -0.3 is 49.6 Å². The molecule has 2 saturated heterocycles. The van der Waals surface area contributed by atoms with E-state index in [4.69, 9.17) is 41.4 Å². The Labute approximate surface area is 402 Å². The number of amides is 1. The molecule has 17 nitrogen and oxygen atoms in total. The number of ketones is 2. The number of azide groups is 1. The molecule has 4 rings (SSSR count). The Morgan fingerprint density at radius 1 is 0.926 bits per heavy atom. The fraction of sp³-hybridized carbons (Fsp3) is 0.725. The van der Waals surface area contributed by atoms with Crippen LogP contribution in [0.4, 0.5) is 0 Å². The fourth-order valence-electron chi connectivity index (χ4n) is 10.3. The summed E-state index contributed by atoms with van der Waals surface area (Å²) in [6.45, 7) is 9.05. The number of hydrogen-bond donors (Lipinski definition) is 4. The van der Waals surface area contributed by atoms with E-state index in [0.29, 0.717) is 56.9 Å². The smallest absolute Gasteiger partial charge is 0.329 e. The highest BCUT2D eigenvalue weighted by atomic mass is 16.6. The number of carbonyl (C=O) groups is 4. The van der Waals surface area contributed by atoms with Crippen LogP contribution in [-0.2, 0) is 42.9 Å². The number of rotatable bonds is 7. The standard InChI is InChI=1S/C51H77N5O12/c1-10-36-20-21-37-28-41(64-7)31(3)17-13-11-12-16-30(2)24-33(5)45(57)47(59)46(58)34(6)25-32(4)42(65-8)29-43(38(52)26-35-19-22-39(54-55-53)44(27-35)66-9)67-50(62)40-18-14-15-23-56(40)49(61)48(60)51(36,63)68-37/h1,11-13,16-17,25,30,32-33,35-44,46-47,58-59,63H,14-15,18-24,26-29,52H2,2-9H3/b13-11+,16-12+,31-17+,34-25+/t30-,32-,33-,35+,36-,37+,38-,39?,40+,41+,42-,43+,44-,46-,47+,51-/m1/s1. The molecule has 0 aromatic heterocycles. The number of hydrogen-bond acceptors (Lipinski definition) is 14. The SMILES string of the molecule is C#C[C@@H]1CC[C@H]2C[C@H](OC)/C(C)=C/C=C/C=C/[C@@H](C)C[C@@H](C)C(=O)[C@H](O)[C@H](O)/C(C)=C/[C@@H](C)[C@H](OC)C[C@@H]([C@H](N)C[C@@H]3CCC(N=[N+]=[N-])[C@H](OC)C3)OC(=O)[C@@H]3CCCCN3C(=O)C(=O)[C@]1(O)O2. The summed E-state index contributed by atoms with van der Waals surface area (Å²) < 4.78 is 29.9.